The molecule has 4 aliphatic heterocycles. The smallest absolute Gasteiger partial charge is 0.190 e. The molecule has 6 heteroatoms. The van der Waals surface area contributed by atoms with E-state index >= 15 is 0 Å². The van der Waals surface area contributed by atoms with Gasteiger partial charge < -0.3 is 28.4 Å². The molecule has 0 amide bonds. The van der Waals surface area contributed by atoms with Gasteiger partial charge in [0.1, 0.15) is 23.9 Å². The average Bonchev–Trinajstić information content (AvgIpc) is 3.03. The molecule has 0 unspecified atom stereocenters. The van der Waals surface area contributed by atoms with Crippen LogP contribution in [-0.2, 0) is 28.4 Å². The molecule has 0 bridgehead atoms. The number of hydrogen-bond donors (Lipinski definition) is 0. The summed E-state index contributed by atoms with van der Waals surface area (Å²) in [4.78, 5) is 0. The molecule has 0 aromatic rings. The highest BCUT2D eigenvalue weighted by atomic mass is 16.9. The van der Waals surface area contributed by atoms with Gasteiger partial charge in [0.05, 0.1) is 6.61 Å². The van der Waals surface area contributed by atoms with Crippen LogP contribution in [0.2, 0.25) is 0 Å². The van der Waals surface area contributed by atoms with Crippen molar-refractivity contribution < 1.29 is 28.4 Å². The van der Waals surface area contributed by atoms with Crippen LogP contribution in [0.3, 0.4) is 0 Å². The van der Waals surface area contributed by atoms with Gasteiger partial charge in [-0.05, 0) is 47.0 Å². The second-order valence-corrected chi connectivity index (χ2v) is 7.61. The lowest BCUT2D eigenvalue weighted by Crippen LogP contribution is -2.57. The summed E-state index contributed by atoms with van der Waals surface area (Å²) in [6.45, 7) is 8.91. The van der Waals surface area contributed by atoms with Gasteiger partial charge in [-0.25, -0.2) is 0 Å². The van der Waals surface area contributed by atoms with Crippen LogP contribution in [0.15, 0.2) is 0 Å². The first-order valence-electron chi connectivity index (χ1n) is 8.28. The van der Waals surface area contributed by atoms with E-state index in [0.29, 0.717) is 6.61 Å². The van der Waals surface area contributed by atoms with Gasteiger partial charge in [-0.2, -0.15) is 0 Å². The Morgan fingerprint density at radius 3 is 2.27 bits per heavy atom. The molecule has 0 aliphatic carbocycles. The standard InChI is InChI=1S/C16H26O6/c1-14(2)18-9-10(20-14)11-16(7-5-6-8-17-16)12-13(19-11)22-15(3,4)21-12/h10-13H,5-9H2,1-4H3/t10-,11-,12+,13-,16-/m1/s1. The fourth-order valence-corrected chi connectivity index (χ4v) is 4.13. The van der Waals surface area contributed by atoms with Gasteiger partial charge >= 0.3 is 0 Å². The van der Waals surface area contributed by atoms with Crippen molar-refractivity contribution in [2.24, 2.45) is 0 Å². The molecular formula is C16H26O6. The minimum atomic E-state index is -0.638. The average molecular weight is 314 g/mol. The third-order valence-corrected chi connectivity index (χ3v) is 5.00. The highest BCUT2D eigenvalue weighted by molar-refractivity contribution is 5.10. The van der Waals surface area contributed by atoms with E-state index in [2.05, 4.69) is 0 Å². The molecule has 6 nitrogen and oxygen atoms in total. The Labute approximate surface area is 131 Å². The van der Waals surface area contributed by atoms with Crippen molar-refractivity contribution in [2.75, 3.05) is 13.2 Å². The zero-order valence-corrected chi connectivity index (χ0v) is 13.8. The van der Waals surface area contributed by atoms with Crippen molar-refractivity contribution >= 4 is 0 Å². The van der Waals surface area contributed by atoms with Crippen LogP contribution in [0.25, 0.3) is 0 Å². The van der Waals surface area contributed by atoms with Gasteiger partial charge in [0.15, 0.2) is 17.9 Å². The Morgan fingerprint density at radius 2 is 1.64 bits per heavy atom. The predicted molar refractivity (Wildman–Crippen MR) is 76.1 cm³/mol. The van der Waals surface area contributed by atoms with Gasteiger partial charge in [0.2, 0.25) is 0 Å². The zero-order chi connectivity index (χ0) is 15.6. The van der Waals surface area contributed by atoms with E-state index in [1.54, 1.807) is 0 Å². The van der Waals surface area contributed by atoms with Crippen molar-refractivity contribution in [3.05, 3.63) is 0 Å². The van der Waals surface area contributed by atoms with Crippen LogP contribution in [-0.4, -0.2) is 55.0 Å². The third kappa shape index (κ3) is 2.32. The molecule has 4 rings (SSSR count). The maximum Gasteiger partial charge on any atom is 0.190 e. The maximum absolute atomic E-state index is 6.26. The summed E-state index contributed by atoms with van der Waals surface area (Å²) in [5, 5.41) is 0. The molecule has 4 heterocycles. The van der Waals surface area contributed by atoms with Crippen LogP contribution < -0.4 is 0 Å². The Bertz CT molecular complexity index is 442. The fourth-order valence-electron chi connectivity index (χ4n) is 4.13. The quantitative estimate of drug-likeness (QED) is 0.737. The van der Waals surface area contributed by atoms with Gasteiger partial charge in [0, 0.05) is 6.61 Å². The summed E-state index contributed by atoms with van der Waals surface area (Å²) in [5.41, 5.74) is -0.495. The van der Waals surface area contributed by atoms with Crippen LogP contribution in [0.1, 0.15) is 47.0 Å². The van der Waals surface area contributed by atoms with Crippen LogP contribution in [0.5, 0.6) is 0 Å². The van der Waals surface area contributed by atoms with Crippen LogP contribution >= 0.6 is 0 Å². The maximum atomic E-state index is 6.26. The van der Waals surface area contributed by atoms with E-state index < -0.39 is 23.5 Å². The number of fused-ring (bicyclic) bond motifs is 2. The van der Waals surface area contributed by atoms with E-state index in [9.17, 15) is 0 Å². The van der Waals surface area contributed by atoms with Crippen molar-refractivity contribution in [1.82, 2.24) is 0 Å². The van der Waals surface area contributed by atoms with Crippen molar-refractivity contribution in [3.8, 4) is 0 Å². The SMILES string of the molecule is CC1(C)OC[C@H]([C@H]2O[C@@H]3OC(C)(C)O[C@@H]3[C@@]23CCCCO3)O1. The van der Waals surface area contributed by atoms with Crippen LogP contribution in [0, 0.1) is 0 Å². The largest absolute Gasteiger partial charge is 0.369 e. The van der Waals surface area contributed by atoms with Crippen molar-refractivity contribution in [1.29, 1.82) is 0 Å². The molecule has 126 valence electrons. The Morgan fingerprint density at radius 1 is 0.818 bits per heavy atom. The van der Waals surface area contributed by atoms with E-state index in [-0.39, 0.29) is 18.3 Å². The van der Waals surface area contributed by atoms with Crippen molar-refractivity contribution in [3.63, 3.8) is 0 Å². The minimum absolute atomic E-state index is 0.158. The lowest BCUT2D eigenvalue weighted by Gasteiger charge is -2.42. The predicted octanol–water partition coefficient (Wildman–Crippen LogP) is 1.95. The molecule has 1 spiro atoms. The van der Waals surface area contributed by atoms with Gasteiger partial charge in [-0.15, -0.1) is 0 Å². The summed E-state index contributed by atoms with van der Waals surface area (Å²) in [7, 11) is 0. The Kier molecular flexibility index (Phi) is 3.39. The fraction of sp³-hybridized carbons (Fsp3) is 1.00. The molecular weight excluding hydrogens is 288 g/mol. The highest BCUT2D eigenvalue weighted by Gasteiger charge is 2.67. The second-order valence-electron chi connectivity index (χ2n) is 7.61. The van der Waals surface area contributed by atoms with E-state index in [1.807, 2.05) is 27.7 Å². The molecule has 4 fully saturated rings. The summed E-state index contributed by atoms with van der Waals surface area (Å²) in [6, 6.07) is 0. The lowest BCUT2D eigenvalue weighted by molar-refractivity contribution is -0.261. The minimum Gasteiger partial charge on any atom is -0.369 e. The first kappa shape index (κ1) is 15.3. The lowest BCUT2D eigenvalue weighted by atomic mass is 9.82. The van der Waals surface area contributed by atoms with Crippen molar-refractivity contribution in [2.45, 2.75) is 88.7 Å². The molecule has 0 N–H and O–H groups in total. The summed E-state index contributed by atoms with van der Waals surface area (Å²) in [6.07, 6.45) is 2.09. The summed E-state index contributed by atoms with van der Waals surface area (Å²) in [5.74, 6) is -1.22. The molecule has 4 aliphatic rings. The van der Waals surface area contributed by atoms with Gasteiger partial charge in [0.25, 0.3) is 0 Å². The first-order valence-corrected chi connectivity index (χ1v) is 8.28. The highest BCUT2D eigenvalue weighted by Crippen LogP contribution is 2.50. The monoisotopic (exact) mass is 314 g/mol. The van der Waals surface area contributed by atoms with Gasteiger partial charge in [-0.3, -0.25) is 0 Å². The Hall–Kier alpha value is -0.240. The second kappa shape index (κ2) is 4.88. The topological polar surface area (TPSA) is 55.4 Å². The molecule has 5 atom stereocenters. The van der Waals surface area contributed by atoms with Gasteiger partial charge in [-0.1, -0.05) is 0 Å². The number of hydrogen-bond acceptors (Lipinski definition) is 6. The molecule has 4 saturated heterocycles. The summed E-state index contributed by atoms with van der Waals surface area (Å²) >= 11 is 0. The number of rotatable bonds is 1. The molecule has 0 radical (unpaired) electrons. The first-order chi connectivity index (χ1) is 10.3. The third-order valence-electron chi connectivity index (χ3n) is 5.00. The van der Waals surface area contributed by atoms with Crippen LogP contribution in [0.4, 0.5) is 0 Å². The Balaban J connectivity index is 1.62. The number of ether oxygens (including phenoxy) is 6. The summed E-state index contributed by atoms with van der Waals surface area (Å²) < 4.78 is 36.3. The van der Waals surface area contributed by atoms with E-state index in [4.69, 9.17) is 28.4 Å². The normalized spacial score (nSPS) is 49.6. The zero-order valence-electron chi connectivity index (χ0n) is 13.8. The van der Waals surface area contributed by atoms with E-state index in [0.717, 1.165) is 25.9 Å². The molecule has 0 aromatic heterocycles. The molecule has 0 aromatic carbocycles. The van der Waals surface area contributed by atoms with E-state index in [1.165, 1.54) is 0 Å². The molecule has 0 saturated carbocycles. The molecule has 22 heavy (non-hydrogen) atoms.